The smallest absolute Gasteiger partial charge is 0.211 e. The van der Waals surface area contributed by atoms with Crippen molar-refractivity contribution in [1.29, 1.82) is 0 Å². The van der Waals surface area contributed by atoms with E-state index < -0.39 is 16.7 Å². The van der Waals surface area contributed by atoms with Crippen LogP contribution in [0.4, 0.5) is 4.39 Å². The Balaban J connectivity index is 2.85. The Hall–Kier alpha value is -0.160. The van der Waals surface area contributed by atoms with Crippen LogP contribution in [-0.2, 0) is 10.0 Å². The fourth-order valence-electron chi connectivity index (χ4n) is 2.24. The first kappa shape index (κ1) is 12.9. The highest BCUT2D eigenvalue weighted by Gasteiger charge is 2.42. The van der Waals surface area contributed by atoms with E-state index in [1.165, 1.54) is 10.6 Å². The van der Waals surface area contributed by atoms with Crippen LogP contribution >= 0.6 is 0 Å². The first-order valence-corrected chi connectivity index (χ1v) is 7.02. The molecule has 0 aliphatic carbocycles. The molecule has 5 heteroatoms. The van der Waals surface area contributed by atoms with Crippen LogP contribution in [0.1, 0.15) is 20.8 Å². The molecule has 1 rings (SSSR count). The Morgan fingerprint density at radius 1 is 1.33 bits per heavy atom. The van der Waals surface area contributed by atoms with Crippen molar-refractivity contribution >= 4 is 10.0 Å². The predicted molar refractivity (Wildman–Crippen MR) is 58.8 cm³/mol. The first-order chi connectivity index (χ1) is 6.66. The van der Waals surface area contributed by atoms with Crippen LogP contribution in [0.5, 0.6) is 0 Å². The van der Waals surface area contributed by atoms with Gasteiger partial charge in [0.25, 0.3) is 0 Å². The van der Waals surface area contributed by atoms with E-state index in [-0.39, 0.29) is 17.3 Å². The Morgan fingerprint density at radius 3 is 2.13 bits per heavy atom. The van der Waals surface area contributed by atoms with E-state index in [4.69, 9.17) is 0 Å². The fourth-order valence-corrected chi connectivity index (χ4v) is 3.13. The van der Waals surface area contributed by atoms with Crippen molar-refractivity contribution < 1.29 is 12.8 Å². The number of hydrogen-bond donors (Lipinski definition) is 0. The van der Waals surface area contributed by atoms with Gasteiger partial charge in [-0.2, -0.15) is 0 Å². The topological polar surface area (TPSA) is 37.4 Å². The van der Waals surface area contributed by atoms with E-state index in [1.54, 1.807) is 0 Å². The Bertz CT molecular complexity index is 321. The lowest BCUT2D eigenvalue weighted by atomic mass is 9.75. The third kappa shape index (κ3) is 2.91. The average Bonchev–Trinajstić information content (AvgIpc) is 2.44. The second-order valence-electron chi connectivity index (χ2n) is 5.47. The van der Waals surface area contributed by atoms with Crippen LogP contribution in [0.2, 0.25) is 0 Å². The van der Waals surface area contributed by atoms with Gasteiger partial charge in [-0.15, -0.1) is 0 Å². The van der Waals surface area contributed by atoms with Crippen LogP contribution in [-0.4, -0.2) is 38.7 Å². The second-order valence-corrected chi connectivity index (χ2v) is 7.45. The molecule has 0 amide bonds. The van der Waals surface area contributed by atoms with E-state index in [2.05, 4.69) is 0 Å². The molecule has 15 heavy (non-hydrogen) atoms. The fraction of sp³-hybridized carbons (Fsp3) is 1.00. The van der Waals surface area contributed by atoms with Gasteiger partial charge in [0, 0.05) is 19.0 Å². The van der Waals surface area contributed by atoms with Crippen molar-refractivity contribution in [3.05, 3.63) is 0 Å². The SMILES string of the molecule is CC(C)(C)C1CN(S(C)(=O)=O)CC1CF. The van der Waals surface area contributed by atoms with Gasteiger partial charge >= 0.3 is 0 Å². The van der Waals surface area contributed by atoms with Gasteiger partial charge in [0.05, 0.1) is 12.9 Å². The molecule has 2 unspecified atom stereocenters. The van der Waals surface area contributed by atoms with Crippen LogP contribution in [0.25, 0.3) is 0 Å². The molecule has 0 bridgehead atoms. The largest absolute Gasteiger partial charge is 0.251 e. The van der Waals surface area contributed by atoms with E-state index in [0.29, 0.717) is 13.1 Å². The highest BCUT2D eigenvalue weighted by Crippen LogP contribution is 2.38. The van der Waals surface area contributed by atoms with Gasteiger partial charge in [-0.25, -0.2) is 12.7 Å². The van der Waals surface area contributed by atoms with Crippen molar-refractivity contribution in [2.75, 3.05) is 26.0 Å². The summed E-state index contributed by atoms with van der Waals surface area (Å²) in [4.78, 5) is 0. The monoisotopic (exact) mass is 237 g/mol. The zero-order valence-electron chi connectivity index (χ0n) is 9.83. The maximum Gasteiger partial charge on any atom is 0.211 e. The average molecular weight is 237 g/mol. The number of alkyl halides is 1. The number of halogens is 1. The van der Waals surface area contributed by atoms with Crippen LogP contribution in [0.15, 0.2) is 0 Å². The van der Waals surface area contributed by atoms with Crippen molar-refractivity contribution in [1.82, 2.24) is 4.31 Å². The molecule has 1 saturated heterocycles. The molecule has 0 saturated carbocycles. The molecule has 0 spiro atoms. The number of rotatable bonds is 2. The molecule has 1 heterocycles. The quantitative estimate of drug-likeness (QED) is 0.730. The summed E-state index contributed by atoms with van der Waals surface area (Å²) >= 11 is 0. The molecule has 0 aromatic carbocycles. The summed E-state index contributed by atoms with van der Waals surface area (Å²) in [6.07, 6.45) is 1.19. The minimum absolute atomic E-state index is 0.0454. The first-order valence-electron chi connectivity index (χ1n) is 5.17. The van der Waals surface area contributed by atoms with E-state index in [0.717, 1.165) is 0 Å². The summed E-state index contributed by atoms with van der Waals surface area (Å²) in [6.45, 7) is 6.45. The highest BCUT2D eigenvalue weighted by atomic mass is 32.2. The van der Waals surface area contributed by atoms with Gasteiger partial charge in [-0.3, -0.25) is 4.39 Å². The Kier molecular flexibility index (Phi) is 3.45. The summed E-state index contributed by atoms with van der Waals surface area (Å²) < 4.78 is 37.0. The minimum Gasteiger partial charge on any atom is -0.251 e. The van der Waals surface area contributed by atoms with Crippen molar-refractivity contribution in [2.45, 2.75) is 20.8 Å². The van der Waals surface area contributed by atoms with Crippen molar-refractivity contribution in [3.8, 4) is 0 Å². The van der Waals surface area contributed by atoms with Gasteiger partial charge in [-0.05, 0) is 11.3 Å². The summed E-state index contributed by atoms with van der Waals surface area (Å²) in [7, 11) is -3.17. The number of nitrogens with zero attached hydrogens (tertiary/aromatic N) is 1. The summed E-state index contributed by atoms with van der Waals surface area (Å²) in [5.74, 6) is -0.0445. The standard InChI is InChI=1S/C10H20FNO2S/c1-10(2,3)9-7-12(15(4,13)14)6-8(9)5-11/h8-9H,5-7H2,1-4H3. The molecule has 0 radical (unpaired) electrons. The summed E-state index contributed by atoms with van der Waals surface area (Å²) in [5, 5.41) is 0. The van der Waals surface area contributed by atoms with Gasteiger partial charge in [0.15, 0.2) is 0 Å². The van der Waals surface area contributed by atoms with Crippen LogP contribution in [0, 0.1) is 17.3 Å². The molecule has 1 aliphatic rings. The third-order valence-corrected chi connectivity index (χ3v) is 4.42. The van der Waals surface area contributed by atoms with E-state index in [1.807, 2.05) is 20.8 Å². The molecule has 90 valence electrons. The maximum atomic E-state index is 12.8. The molecule has 2 atom stereocenters. The minimum atomic E-state index is -3.17. The van der Waals surface area contributed by atoms with Crippen LogP contribution in [0.3, 0.4) is 0 Å². The van der Waals surface area contributed by atoms with E-state index in [9.17, 15) is 12.8 Å². The number of sulfonamides is 1. The zero-order chi connectivity index (χ0) is 11.9. The van der Waals surface area contributed by atoms with E-state index >= 15 is 0 Å². The number of hydrogen-bond acceptors (Lipinski definition) is 2. The lowest BCUT2D eigenvalue weighted by molar-refractivity contribution is 0.177. The molecular formula is C10H20FNO2S. The Labute approximate surface area is 91.7 Å². The lowest BCUT2D eigenvalue weighted by Crippen LogP contribution is -2.30. The molecule has 0 N–H and O–H groups in total. The molecule has 0 aromatic heterocycles. The van der Waals surface area contributed by atoms with Crippen molar-refractivity contribution in [2.24, 2.45) is 17.3 Å². The van der Waals surface area contributed by atoms with Gasteiger partial charge in [0.1, 0.15) is 0 Å². The normalized spacial score (nSPS) is 29.7. The highest BCUT2D eigenvalue weighted by molar-refractivity contribution is 7.88. The van der Waals surface area contributed by atoms with Gasteiger partial charge in [0.2, 0.25) is 10.0 Å². The Morgan fingerprint density at radius 2 is 1.87 bits per heavy atom. The van der Waals surface area contributed by atoms with Gasteiger partial charge < -0.3 is 0 Å². The predicted octanol–water partition coefficient (Wildman–Crippen LogP) is 1.51. The van der Waals surface area contributed by atoms with Crippen LogP contribution < -0.4 is 0 Å². The maximum absolute atomic E-state index is 12.8. The van der Waals surface area contributed by atoms with Gasteiger partial charge in [-0.1, -0.05) is 20.8 Å². The molecule has 0 aromatic rings. The molecule has 1 fully saturated rings. The summed E-state index contributed by atoms with van der Waals surface area (Å²) in [5.41, 5.74) is -0.0454. The molecule has 3 nitrogen and oxygen atoms in total. The summed E-state index contributed by atoms with van der Waals surface area (Å²) in [6, 6.07) is 0. The van der Waals surface area contributed by atoms with Crippen molar-refractivity contribution in [3.63, 3.8) is 0 Å². The molecule has 1 aliphatic heterocycles. The molecular weight excluding hydrogens is 217 g/mol. The lowest BCUT2D eigenvalue weighted by Gasteiger charge is -2.30. The second kappa shape index (κ2) is 4.01. The zero-order valence-corrected chi connectivity index (χ0v) is 10.6. The third-order valence-electron chi connectivity index (χ3n) is 3.19.